The Balaban J connectivity index is 0.889. The molecule has 2 aliphatic heterocycles. The van der Waals surface area contributed by atoms with Crippen LogP contribution in [0.25, 0.3) is 11.0 Å². The summed E-state index contributed by atoms with van der Waals surface area (Å²) in [5, 5.41) is 16.1. The molecule has 0 bridgehead atoms. The van der Waals surface area contributed by atoms with E-state index in [2.05, 4.69) is 86.8 Å². The number of hydrogen-bond donors (Lipinski definition) is 3. The summed E-state index contributed by atoms with van der Waals surface area (Å²) in [4.78, 5) is 41.8. The van der Waals surface area contributed by atoms with E-state index in [1.54, 1.807) is 30.6 Å². The van der Waals surface area contributed by atoms with Crippen LogP contribution in [0.1, 0.15) is 125 Å². The summed E-state index contributed by atoms with van der Waals surface area (Å²) in [6, 6.07) is 19.4. The number of H-pyrrole nitrogens is 1. The van der Waals surface area contributed by atoms with Crippen molar-refractivity contribution in [3.8, 4) is 11.5 Å². The van der Waals surface area contributed by atoms with Crippen molar-refractivity contribution in [2.24, 2.45) is 16.7 Å². The van der Waals surface area contributed by atoms with Crippen molar-refractivity contribution in [2.75, 3.05) is 49.6 Å². The van der Waals surface area contributed by atoms with Gasteiger partial charge in [0.25, 0.3) is 15.9 Å². The number of aromatic amines is 1. The Morgan fingerprint density at radius 1 is 0.955 bits per heavy atom. The summed E-state index contributed by atoms with van der Waals surface area (Å²) in [5.41, 5.74) is 4.36. The summed E-state index contributed by atoms with van der Waals surface area (Å²) in [6.45, 7) is 13.6. The number of hydrogen-bond acceptors (Lipinski definition) is 12. The molecule has 9 rings (SSSR count). The van der Waals surface area contributed by atoms with Crippen LogP contribution in [-0.4, -0.2) is 84.5 Å². The number of pyridine rings is 2. The van der Waals surface area contributed by atoms with Gasteiger partial charge in [-0.05, 0) is 122 Å². The van der Waals surface area contributed by atoms with Gasteiger partial charge in [-0.3, -0.25) is 19.8 Å². The zero-order valence-electron chi connectivity index (χ0n) is 39.1. The molecule has 2 saturated carbocycles. The fourth-order valence-electron chi connectivity index (χ4n) is 11.0. The highest BCUT2D eigenvalue weighted by Crippen LogP contribution is 2.48. The molecular weight excluding hydrogens is 869 g/mol. The zero-order valence-corrected chi connectivity index (χ0v) is 39.9. The number of sulfonamides is 1. The first-order valence-electron chi connectivity index (χ1n) is 24.0. The first kappa shape index (κ1) is 46.5. The first-order valence-corrected chi connectivity index (χ1v) is 25.5. The molecule has 1 amide bonds. The highest BCUT2D eigenvalue weighted by Gasteiger charge is 2.42. The summed E-state index contributed by atoms with van der Waals surface area (Å²) in [5.74, 6) is 0.324. The lowest BCUT2D eigenvalue weighted by Gasteiger charge is -2.50. The minimum atomic E-state index is -4.61. The molecule has 67 heavy (non-hydrogen) atoms. The van der Waals surface area contributed by atoms with Crippen LogP contribution >= 0.6 is 0 Å². The molecule has 5 heterocycles. The average Bonchev–Trinajstić information content (AvgIpc) is 3.80. The number of carbonyl (C=O) groups excluding carboxylic acids is 1. The molecule has 4 aliphatic rings. The number of nitrogens with one attached hydrogen (secondary N) is 3. The zero-order chi connectivity index (χ0) is 46.9. The van der Waals surface area contributed by atoms with Crippen molar-refractivity contribution in [3.63, 3.8) is 0 Å². The maximum absolute atomic E-state index is 14.0. The molecule has 0 radical (unpaired) electrons. The Morgan fingerprint density at radius 2 is 1.72 bits per heavy atom. The molecule has 4 fully saturated rings. The number of anilines is 2. The van der Waals surface area contributed by atoms with Crippen LogP contribution in [0.3, 0.4) is 0 Å². The summed E-state index contributed by atoms with van der Waals surface area (Å²) in [6.07, 6.45) is 15.2. The second-order valence-corrected chi connectivity index (χ2v) is 22.1. The highest BCUT2D eigenvalue weighted by atomic mass is 32.2. The second-order valence-electron chi connectivity index (χ2n) is 20.4. The maximum atomic E-state index is 14.0. The topological polar surface area (TPSA) is 185 Å². The Labute approximate surface area is 393 Å². The normalized spacial score (nSPS) is 20.6. The Bertz CT molecular complexity index is 2690. The SMILES string of the molecule is CC(C)c1ccccc1[C@@H]1COCCN1C1CCC2(CC1)CCN(c1ccc(C(=O)NS(=O)(=O)c3cnc(NCC4CCC(C)(C)CC4)c([N+](=O)[O-])c3)c(Oc3cnc4[nH]ccc4c3)c1)CC2. The van der Waals surface area contributed by atoms with E-state index in [1.807, 2.05) is 12.1 Å². The predicted molar refractivity (Wildman–Crippen MR) is 259 cm³/mol. The van der Waals surface area contributed by atoms with Crippen LogP contribution in [0, 0.1) is 26.9 Å². The highest BCUT2D eigenvalue weighted by molar-refractivity contribution is 7.90. The number of ether oxygens (including phenoxy) is 2. The molecule has 3 N–H and O–H groups in total. The lowest BCUT2D eigenvalue weighted by molar-refractivity contribution is -0.384. The first-order chi connectivity index (χ1) is 32.2. The van der Waals surface area contributed by atoms with Gasteiger partial charge in [-0.25, -0.2) is 23.1 Å². The van der Waals surface area contributed by atoms with Crippen LogP contribution in [0.5, 0.6) is 11.5 Å². The van der Waals surface area contributed by atoms with Crippen molar-refractivity contribution in [1.29, 1.82) is 0 Å². The van der Waals surface area contributed by atoms with Crippen LogP contribution in [0.4, 0.5) is 17.2 Å². The Morgan fingerprint density at radius 3 is 2.46 bits per heavy atom. The molecule has 15 nitrogen and oxygen atoms in total. The van der Waals surface area contributed by atoms with Gasteiger partial charge in [0.15, 0.2) is 0 Å². The molecule has 5 aromatic rings. The molecular formula is C51H64N8O7S. The number of benzene rings is 2. The van der Waals surface area contributed by atoms with E-state index >= 15 is 0 Å². The number of amides is 1. The van der Waals surface area contributed by atoms with E-state index in [-0.39, 0.29) is 34.0 Å². The number of fused-ring (bicyclic) bond motifs is 1. The lowest BCUT2D eigenvalue weighted by Crippen LogP contribution is -2.50. The van der Waals surface area contributed by atoms with Gasteiger partial charge in [0.1, 0.15) is 22.0 Å². The van der Waals surface area contributed by atoms with Crippen LogP contribution < -0.4 is 19.7 Å². The molecule has 2 aromatic carbocycles. The van der Waals surface area contributed by atoms with Crippen molar-refractivity contribution in [1.82, 2.24) is 24.6 Å². The van der Waals surface area contributed by atoms with Gasteiger partial charge in [-0.15, -0.1) is 0 Å². The molecule has 0 unspecified atom stereocenters. The van der Waals surface area contributed by atoms with Gasteiger partial charge in [-0.2, -0.15) is 0 Å². The van der Waals surface area contributed by atoms with E-state index in [0.717, 1.165) is 108 Å². The van der Waals surface area contributed by atoms with Gasteiger partial charge in [0, 0.05) is 61.6 Å². The molecule has 1 atom stereocenters. The molecule has 1 spiro atoms. The van der Waals surface area contributed by atoms with Crippen LogP contribution in [0.15, 0.2) is 84.1 Å². The number of nitro groups is 1. The van der Waals surface area contributed by atoms with E-state index in [9.17, 15) is 23.3 Å². The van der Waals surface area contributed by atoms with E-state index in [4.69, 9.17) is 9.47 Å². The Kier molecular flexibility index (Phi) is 13.3. The average molecular weight is 933 g/mol. The minimum Gasteiger partial charge on any atom is -0.455 e. The molecule has 356 valence electrons. The number of nitrogens with zero attached hydrogens (tertiary/aromatic N) is 5. The molecule has 2 saturated heterocycles. The minimum absolute atomic E-state index is 0.0131. The van der Waals surface area contributed by atoms with Gasteiger partial charge in [0.05, 0.1) is 42.1 Å². The largest absolute Gasteiger partial charge is 0.455 e. The van der Waals surface area contributed by atoms with Crippen molar-refractivity contribution < 1.29 is 27.6 Å². The number of morpholine rings is 1. The van der Waals surface area contributed by atoms with Gasteiger partial charge in [-0.1, -0.05) is 52.0 Å². The molecule has 2 aliphatic carbocycles. The number of rotatable bonds is 13. The van der Waals surface area contributed by atoms with E-state index < -0.39 is 31.4 Å². The quantitative estimate of drug-likeness (QED) is 0.0751. The summed E-state index contributed by atoms with van der Waals surface area (Å²) in [7, 11) is -4.61. The van der Waals surface area contributed by atoms with Crippen LogP contribution in [0.2, 0.25) is 0 Å². The lowest BCUT2D eigenvalue weighted by atomic mass is 9.66. The maximum Gasteiger partial charge on any atom is 0.312 e. The third kappa shape index (κ3) is 10.3. The summed E-state index contributed by atoms with van der Waals surface area (Å²) >= 11 is 0. The third-order valence-corrected chi connectivity index (χ3v) is 16.5. The molecule has 16 heteroatoms. The second kappa shape index (κ2) is 19.2. The number of piperidine rings is 1. The Hall–Kier alpha value is -5.58. The van der Waals surface area contributed by atoms with Crippen molar-refractivity contribution in [2.45, 2.75) is 115 Å². The van der Waals surface area contributed by atoms with Crippen molar-refractivity contribution >= 4 is 44.2 Å². The van der Waals surface area contributed by atoms with Crippen LogP contribution in [-0.2, 0) is 14.8 Å². The van der Waals surface area contributed by atoms with E-state index in [1.165, 1.54) is 24.0 Å². The standard InChI is InChI=1S/C51H64N8O7S/c1-34(2)41-7-5-6-8-42(41)45-33-65-26-25-58(45)37-13-18-51(19-14-37)20-23-57(24-21-51)38-9-10-43(46(28-38)66-39-27-36-15-22-52-47(36)54-31-39)49(60)56-67(63,64)40-29-44(59(61)62)48(55-32-40)53-30-35-11-16-50(3,4)17-12-35/h5-10,15,22,27-29,31-32,34-35,37,45H,11-14,16-21,23-26,30,33H2,1-4H3,(H,52,54)(H,53,55)(H,56,60)/t45-/m0/s1. The van der Waals surface area contributed by atoms with Crippen molar-refractivity contribution in [3.05, 3.63) is 106 Å². The van der Waals surface area contributed by atoms with E-state index in [0.29, 0.717) is 35.8 Å². The van der Waals surface area contributed by atoms with Gasteiger partial charge < -0.3 is 24.7 Å². The number of carbonyl (C=O) groups is 1. The predicted octanol–water partition coefficient (Wildman–Crippen LogP) is 10.1. The van der Waals surface area contributed by atoms with Gasteiger partial charge in [0.2, 0.25) is 5.82 Å². The molecule has 3 aromatic heterocycles. The van der Waals surface area contributed by atoms with Gasteiger partial charge >= 0.3 is 5.69 Å². The monoisotopic (exact) mass is 932 g/mol. The smallest absolute Gasteiger partial charge is 0.312 e. The fourth-order valence-corrected chi connectivity index (χ4v) is 12.0. The fraction of sp³-hybridized carbons (Fsp3) is 0.510. The number of aromatic nitrogens is 3. The third-order valence-electron chi connectivity index (χ3n) is 15.2. The summed E-state index contributed by atoms with van der Waals surface area (Å²) < 4.78 is 42.1.